The maximum atomic E-state index is 9.40. The summed E-state index contributed by atoms with van der Waals surface area (Å²) in [6.07, 6.45) is 1.81. The number of benzene rings is 1. The molecular weight excluding hydrogens is 372 g/mol. The van der Waals surface area contributed by atoms with E-state index in [4.69, 9.17) is 21.3 Å². The van der Waals surface area contributed by atoms with E-state index >= 15 is 0 Å². The Balaban J connectivity index is 1.89. The van der Waals surface area contributed by atoms with Crippen molar-refractivity contribution >= 4 is 23.3 Å². The molecule has 0 radical (unpaired) electrons. The lowest BCUT2D eigenvalue weighted by atomic mass is 9.94. The van der Waals surface area contributed by atoms with Crippen LogP contribution in [0.5, 0.6) is 0 Å². The van der Waals surface area contributed by atoms with E-state index in [-0.39, 0.29) is 23.0 Å². The van der Waals surface area contributed by atoms with Gasteiger partial charge in [-0.05, 0) is 11.6 Å². The van der Waals surface area contributed by atoms with Gasteiger partial charge in [-0.2, -0.15) is 15.5 Å². The zero-order valence-corrected chi connectivity index (χ0v) is 15.1. The maximum absolute atomic E-state index is 9.40. The van der Waals surface area contributed by atoms with Crippen LogP contribution in [0.4, 0.5) is 17.3 Å². The Morgan fingerprint density at radius 1 is 1.24 bits per heavy atom. The molecule has 11 heteroatoms. The van der Waals surface area contributed by atoms with E-state index in [1.54, 1.807) is 6.92 Å². The molecule has 1 aliphatic heterocycles. The minimum Gasteiger partial charge on any atom is -0.397 e. The molecule has 0 saturated heterocycles. The summed E-state index contributed by atoms with van der Waals surface area (Å²) in [6.45, 7) is 1.70. The fourth-order valence-corrected chi connectivity index (χ4v) is 3.09. The Bertz CT molecular complexity index is 1230. The van der Waals surface area contributed by atoms with Crippen molar-refractivity contribution in [3.05, 3.63) is 46.8 Å². The zero-order valence-electron chi connectivity index (χ0n) is 15.1. The summed E-state index contributed by atoms with van der Waals surface area (Å²) in [5, 5.41) is 27.7. The van der Waals surface area contributed by atoms with Gasteiger partial charge in [0.2, 0.25) is 17.7 Å². The molecule has 1 unspecified atom stereocenters. The van der Waals surface area contributed by atoms with Gasteiger partial charge in [0.25, 0.3) is 0 Å². The van der Waals surface area contributed by atoms with Crippen LogP contribution < -0.4 is 22.1 Å². The quantitative estimate of drug-likeness (QED) is 0.370. The minimum absolute atomic E-state index is 0.00997. The van der Waals surface area contributed by atoms with Crippen molar-refractivity contribution in [1.29, 1.82) is 10.5 Å². The fourth-order valence-electron chi connectivity index (χ4n) is 3.09. The minimum atomic E-state index is -0.643. The third kappa shape index (κ3) is 3.02. The second-order valence-corrected chi connectivity index (χ2v) is 6.16. The number of pyridine rings is 1. The lowest BCUT2D eigenvalue weighted by Crippen LogP contribution is -2.32. The zero-order chi connectivity index (χ0) is 20.5. The highest BCUT2D eigenvalue weighted by Crippen LogP contribution is 2.41. The Kier molecular flexibility index (Phi) is 4.18. The molecule has 3 heterocycles. The molecule has 11 nitrogen and oxygen atoms in total. The summed E-state index contributed by atoms with van der Waals surface area (Å²) in [4.78, 5) is 13.0. The van der Waals surface area contributed by atoms with E-state index in [1.165, 1.54) is 0 Å². The van der Waals surface area contributed by atoms with Gasteiger partial charge < -0.3 is 21.3 Å². The summed E-state index contributed by atoms with van der Waals surface area (Å²) in [6, 6.07) is 8.65. The van der Waals surface area contributed by atoms with Gasteiger partial charge in [-0.15, -0.1) is 0 Å². The van der Waals surface area contributed by atoms with Crippen molar-refractivity contribution in [2.45, 2.75) is 13.0 Å². The molecule has 3 aromatic rings. The van der Waals surface area contributed by atoms with E-state index in [9.17, 15) is 5.26 Å². The molecule has 1 atom stereocenters. The van der Waals surface area contributed by atoms with Crippen LogP contribution in [0.25, 0.3) is 11.4 Å². The number of aliphatic imine (C=N–C) groups is 1. The average molecular weight is 386 g/mol. The Labute approximate surface area is 164 Å². The number of nitrogens with one attached hydrogen (secondary N) is 2. The third-order valence-electron chi connectivity index (χ3n) is 4.35. The van der Waals surface area contributed by atoms with Gasteiger partial charge in [-0.1, -0.05) is 23.4 Å². The summed E-state index contributed by atoms with van der Waals surface area (Å²) in [5.74, 6) is 1.36. The van der Waals surface area contributed by atoms with E-state index < -0.39 is 6.04 Å². The molecule has 29 heavy (non-hydrogen) atoms. The highest BCUT2D eigenvalue weighted by Gasteiger charge is 2.29. The molecule has 6 N–H and O–H groups in total. The van der Waals surface area contributed by atoms with Crippen LogP contribution in [0.15, 0.2) is 33.8 Å². The normalized spacial score (nSPS) is 14.7. The van der Waals surface area contributed by atoms with Crippen LogP contribution in [0, 0.1) is 29.7 Å². The molecule has 1 aromatic carbocycles. The van der Waals surface area contributed by atoms with Crippen LogP contribution in [0.1, 0.15) is 28.6 Å². The van der Waals surface area contributed by atoms with Gasteiger partial charge in [0, 0.05) is 18.1 Å². The van der Waals surface area contributed by atoms with Crippen LogP contribution >= 0.6 is 0 Å². The van der Waals surface area contributed by atoms with Crippen molar-refractivity contribution in [3.63, 3.8) is 0 Å². The molecule has 0 spiro atoms. The first-order valence-electron chi connectivity index (χ1n) is 8.41. The number of hydrogen-bond acceptors (Lipinski definition) is 11. The molecule has 142 valence electrons. The van der Waals surface area contributed by atoms with Gasteiger partial charge >= 0.3 is 0 Å². The number of nitrogen functional groups attached to an aromatic ring is 2. The van der Waals surface area contributed by atoms with Crippen LogP contribution in [0.2, 0.25) is 0 Å². The number of hydrogen-bond donors (Lipinski definition) is 4. The summed E-state index contributed by atoms with van der Waals surface area (Å²) >= 11 is 0. The first kappa shape index (κ1) is 17.8. The summed E-state index contributed by atoms with van der Waals surface area (Å²) < 4.78 is 5.05. The second kappa shape index (κ2) is 6.83. The molecule has 0 bridgehead atoms. The van der Waals surface area contributed by atoms with Crippen molar-refractivity contribution < 1.29 is 4.52 Å². The van der Waals surface area contributed by atoms with E-state index in [1.807, 2.05) is 36.5 Å². The van der Waals surface area contributed by atoms with Crippen LogP contribution in [-0.4, -0.2) is 21.1 Å². The van der Waals surface area contributed by atoms with Gasteiger partial charge in [-0.3, -0.25) is 5.32 Å². The maximum Gasteiger partial charge on any atom is 0.223 e. The number of aromatic nitrogens is 3. The topological polar surface area (TPSA) is 188 Å². The first-order valence-corrected chi connectivity index (χ1v) is 8.41. The molecule has 0 aliphatic carbocycles. The fraction of sp³-hybridized carbons (Fsp3) is 0.111. The lowest BCUT2D eigenvalue weighted by Gasteiger charge is -2.26. The number of aryl methyl sites for hydroxylation is 1. The summed E-state index contributed by atoms with van der Waals surface area (Å²) in [5.41, 5.74) is 14.3. The van der Waals surface area contributed by atoms with Crippen molar-refractivity contribution in [2.24, 2.45) is 4.99 Å². The number of nitrogens with two attached hydrogens (primary N) is 2. The number of nitrogens with zero attached hydrogens (tertiary/aromatic N) is 6. The monoisotopic (exact) mass is 386 g/mol. The van der Waals surface area contributed by atoms with Crippen molar-refractivity contribution in [3.8, 4) is 23.7 Å². The molecule has 2 aromatic heterocycles. The van der Waals surface area contributed by atoms with Crippen LogP contribution in [0.3, 0.4) is 0 Å². The lowest BCUT2D eigenvalue weighted by molar-refractivity contribution is 0.394. The average Bonchev–Trinajstić information content (AvgIpc) is 3.14. The van der Waals surface area contributed by atoms with E-state index in [0.29, 0.717) is 28.7 Å². The van der Waals surface area contributed by atoms with Crippen molar-refractivity contribution in [1.82, 2.24) is 20.4 Å². The smallest absolute Gasteiger partial charge is 0.223 e. The van der Waals surface area contributed by atoms with E-state index in [0.717, 1.165) is 5.56 Å². The number of nitriles is 2. The van der Waals surface area contributed by atoms with Gasteiger partial charge in [0.1, 0.15) is 29.3 Å². The van der Waals surface area contributed by atoms with Gasteiger partial charge in [-0.25, -0.2) is 9.98 Å². The number of guanidine groups is 1. The third-order valence-corrected chi connectivity index (χ3v) is 4.35. The van der Waals surface area contributed by atoms with Crippen LogP contribution in [-0.2, 0) is 0 Å². The van der Waals surface area contributed by atoms with E-state index in [2.05, 4.69) is 30.8 Å². The first-order chi connectivity index (χ1) is 14.0. The molecule has 4 rings (SSSR count). The highest BCUT2D eigenvalue weighted by atomic mass is 16.5. The molecule has 0 saturated carbocycles. The Morgan fingerprint density at radius 2 is 2.07 bits per heavy atom. The molecule has 0 amide bonds. The molecule has 0 fully saturated rings. The number of anilines is 3. The standard InChI is InChI=1S/C18H14N10O/c1-8-24-16(28-29-8)10-4-2-3-9(5-10)14-12-13(21)11(6-19)15(22)26-17(12)27-18(25-14)23-7-20/h2-5,14H,1H3,(H6,21,22,23,25,26,27). The Hall–Kier alpha value is -4.64. The SMILES string of the molecule is Cc1nc(-c2cccc(C3N=C(NC#N)Nc4nc(N)c(C#N)c(N)c43)c2)no1. The Morgan fingerprint density at radius 3 is 2.76 bits per heavy atom. The predicted molar refractivity (Wildman–Crippen MR) is 104 cm³/mol. The largest absolute Gasteiger partial charge is 0.397 e. The van der Waals surface area contributed by atoms with Gasteiger partial charge in [0.15, 0.2) is 6.19 Å². The number of rotatable bonds is 2. The molecule has 1 aliphatic rings. The second-order valence-electron chi connectivity index (χ2n) is 6.16. The highest BCUT2D eigenvalue weighted by molar-refractivity contribution is 5.98. The number of fused-ring (bicyclic) bond motifs is 1. The molecular formula is C18H14N10O. The summed E-state index contributed by atoms with van der Waals surface area (Å²) in [7, 11) is 0. The van der Waals surface area contributed by atoms with Gasteiger partial charge in [0.05, 0.1) is 5.69 Å². The van der Waals surface area contributed by atoms with Crippen molar-refractivity contribution in [2.75, 3.05) is 16.8 Å². The predicted octanol–water partition coefficient (Wildman–Crippen LogP) is 1.42.